The summed E-state index contributed by atoms with van der Waals surface area (Å²) in [7, 11) is 0. The van der Waals surface area contributed by atoms with E-state index in [0.29, 0.717) is 18.6 Å². The lowest BCUT2D eigenvalue weighted by atomic mass is 9.92. The topological polar surface area (TPSA) is 98.3 Å². The first kappa shape index (κ1) is 20.0. The normalized spacial score (nSPS) is 24.7. The van der Waals surface area contributed by atoms with Crippen LogP contribution in [0.3, 0.4) is 0 Å². The number of fused-ring (bicyclic) bond motifs is 3. The second-order valence-corrected chi connectivity index (χ2v) is 9.38. The van der Waals surface area contributed by atoms with Gasteiger partial charge in [-0.2, -0.15) is 0 Å². The van der Waals surface area contributed by atoms with Crippen LogP contribution in [0.1, 0.15) is 25.7 Å². The third-order valence-corrected chi connectivity index (χ3v) is 7.24. The van der Waals surface area contributed by atoms with Gasteiger partial charge in [0.05, 0.1) is 36.3 Å². The second-order valence-electron chi connectivity index (χ2n) is 9.38. The van der Waals surface area contributed by atoms with Gasteiger partial charge < -0.3 is 30.4 Å². The molecular weight excluding hydrogens is 404 g/mol. The quantitative estimate of drug-likeness (QED) is 0.490. The van der Waals surface area contributed by atoms with Crippen molar-refractivity contribution in [2.45, 2.75) is 43.4 Å². The van der Waals surface area contributed by atoms with E-state index in [2.05, 4.69) is 60.8 Å². The molecule has 6 rings (SSSR count). The molecule has 3 aliphatic heterocycles. The number of nitrogens with zero attached hydrogens (tertiary/aromatic N) is 3. The summed E-state index contributed by atoms with van der Waals surface area (Å²) in [5.74, 6) is 1.02. The molecule has 8 heteroatoms. The molecule has 2 atom stereocenters. The number of piperidine rings is 1. The highest BCUT2D eigenvalue weighted by Gasteiger charge is 2.39. The zero-order valence-electron chi connectivity index (χ0n) is 18.2. The van der Waals surface area contributed by atoms with Crippen LogP contribution < -0.4 is 15.5 Å². The molecule has 3 fully saturated rings. The number of ether oxygens (including phenoxy) is 1. The minimum Gasteiger partial charge on any atom is -0.388 e. The van der Waals surface area contributed by atoms with Gasteiger partial charge in [0.2, 0.25) is 0 Å². The van der Waals surface area contributed by atoms with Crippen molar-refractivity contribution in [3.05, 3.63) is 36.7 Å². The number of aromatic nitrogens is 3. The van der Waals surface area contributed by atoms with Crippen molar-refractivity contribution >= 4 is 22.5 Å². The lowest BCUT2D eigenvalue weighted by Gasteiger charge is -2.35. The third-order valence-electron chi connectivity index (χ3n) is 7.24. The van der Waals surface area contributed by atoms with Crippen LogP contribution in [0.25, 0.3) is 22.3 Å². The number of nitrogens with one attached hydrogen (secondary N) is 3. The summed E-state index contributed by atoms with van der Waals surface area (Å²) < 4.78 is 5.75. The largest absolute Gasteiger partial charge is 0.388 e. The molecule has 0 amide bonds. The maximum atomic E-state index is 10.7. The van der Waals surface area contributed by atoms with Gasteiger partial charge >= 0.3 is 0 Å². The molecule has 0 aliphatic carbocycles. The van der Waals surface area contributed by atoms with Crippen molar-refractivity contribution in [1.82, 2.24) is 20.3 Å². The van der Waals surface area contributed by atoms with Crippen molar-refractivity contribution in [3.63, 3.8) is 0 Å². The minimum atomic E-state index is -0.630. The number of benzene rings is 1. The molecule has 3 aromatic rings. The van der Waals surface area contributed by atoms with Gasteiger partial charge in [0.15, 0.2) is 0 Å². The van der Waals surface area contributed by atoms with E-state index in [1.807, 2.05) is 0 Å². The SMILES string of the molecule is OC1(CNc2ccc(-c3cc4c(N5C6CCC5COC6)ncnc4[nH]3)cc2)CCNCC1. The number of rotatable bonds is 5. The zero-order valence-corrected chi connectivity index (χ0v) is 18.2. The van der Waals surface area contributed by atoms with Crippen LogP contribution in [0, 0.1) is 0 Å². The van der Waals surface area contributed by atoms with Gasteiger partial charge in [-0.1, -0.05) is 12.1 Å². The summed E-state index contributed by atoms with van der Waals surface area (Å²) in [6.45, 7) is 3.86. The number of anilines is 2. The Morgan fingerprint density at radius 3 is 2.59 bits per heavy atom. The van der Waals surface area contributed by atoms with Gasteiger partial charge in [-0.25, -0.2) is 9.97 Å². The molecule has 1 aromatic carbocycles. The Labute approximate surface area is 187 Å². The summed E-state index contributed by atoms with van der Waals surface area (Å²) in [6, 6.07) is 11.3. The standard InChI is InChI=1S/C24H30N6O2/c31-24(7-9-25-10-8-24)14-26-17-3-1-16(2-4-17)21-11-20-22(29-21)27-15-28-23(20)30-18-5-6-19(30)13-32-12-18/h1-4,11,15,18-19,25-26,31H,5-10,12-14H2,(H,27,28,29). The summed E-state index contributed by atoms with van der Waals surface area (Å²) in [4.78, 5) is 15.1. The Morgan fingerprint density at radius 2 is 1.84 bits per heavy atom. The van der Waals surface area contributed by atoms with Crippen LogP contribution in [-0.4, -0.2) is 70.6 Å². The maximum absolute atomic E-state index is 10.7. The first-order valence-corrected chi connectivity index (χ1v) is 11.7. The first-order chi connectivity index (χ1) is 15.7. The molecule has 0 spiro atoms. The number of hydrogen-bond acceptors (Lipinski definition) is 7. The van der Waals surface area contributed by atoms with E-state index in [1.54, 1.807) is 6.33 Å². The number of H-pyrrole nitrogens is 1. The number of morpholine rings is 1. The molecule has 168 valence electrons. The Bertz CT molecular complexity index is 1080. The summed E-state index contributed by atoms with van der Waals surface area (Å²) in [5, 5.41) is 18.5. The Morgan fingerprint density at radius 1 is 1.09 bits per heavy atom. The van der Waals surface area contributed by atoms with E-state index < -0.39 is 5.60 Å². The molecule has 8 nitrogen and oxygen atoms in total. The van der Waals surface area contributed by atoms with Crippen LogP contribution >= 0.6 is 0 Å². The fourth-order valence-electron chi connectivity index (χ4n) is 5.37. The summed E-state index contributed by atoms with van der Waals surface area (Å²) >= 11 is 0. The molecule has 32 heavy (non-hydrogen) atoms. The number of aromatic amines is 1. The van der Waals surface area contributed by atoms with Gasteiger partial charge in [0, 0.05) is 17.9 Å². The van der Waals surface area contributed by atoms with Crippen molar-refractivity contribution in [2.75, 3.05) is 43.1 Å². The summed E-state index contributed by atoms with van der Waals surface area (Å²) in [6.07, 6.45) is 5.54. The second kappa shape index (κ2) is 8.03. The highest BCUT2D eigenvalue weighted by molar-refractivity contribution is 5.92. The fraction of sp³-hybridized carbons (Fsp3) is 0.500. The van der Waals surface area contributed by atoms with Crippen molar-refractivity contribution in [2.24, 2.45) is 0 Å². The molecular formula is C24H30N6O2. The van der Waals surface area contributed by atoms with Gasteiger partial charge in [0.1, 0.15) is 17.8 Å². The Hall–Kier alpha value is -2.68. The molecule has 2 unspecified atom stereocenters. The van der Waals surface area contributed by atoms with Gasteiger partial charge in [-0.3, -0.25) is 0 Å². The molecule has 2 bridgehead atoms. The lowest BCUT2D eigenvalue weighted by Crippen LogP contribution is -2.46. The molecule has 0 saturated carbocycles. The minimum absolute atomic E-state index is 0.408. The molecule has 0 radical (unpaired) electrons. The highest BCUT2D eigenvalue weighted by Crippen LogP contribution is 2.37. The fourth-order valence-corrected chi connectivity index (χ4v) is 5.37. The van der Waals surface area contributed by atoms with Crippen LogP contribution in [0.5, 0.6) is 0 Å². The summed E-state index contributed by atoms with van der Waals surface area (Å²) in [5.41, 5.74) is 3.39. The monoisotopic (exact) mass is 434 g/mol. The predicted molar refractivity (Wildman–Crippen MR) is 125 cm³/mol. The van der Waals surface area contributed by atoms with E-state index in [1.165, 1.54) is 0 Å². The number of aliphatic hydroxyl groups is 1. The van der Waals surface area contributed by atoms with Crippen LogP contribution in [0.15, 0.2) is 36.7 Å². The highest BCUT2D eigenvalue weighted by atomic mass is 16.5. The first-order valence-electron chi connectivity index (χ1n) is 11.7. The van der Waals surface area contributed by atoms with Gasteiger partial charge in [-0.15, -0.1) is 0 Å². The molecule has 4 N–H and O–H groups in total. The molecule has 3 saturated heterocycles. The van der Waals surface area contributed by atoms with Crippen LogP contribution in [0.4, 0.5) is 11.5 Å². The van der Waals surface area contributed by atoms with E-state index in [9.17, 15) is 5.11 Å². The van der Waals surface area contributed by atoms with E-state index in [0.717, 1.165) is 85.8 Å². The van der Waals surface area contributed by atoms with Gasteiger partial charge in [0.25, 0.3) is 0 Å². The van der Waals surface area contributed by atoms with E-state index in [4.69, 9.17) is 4.74 Å². The molecule has 3 aliphatic rings. The predicted octanol–water partition coefficient (Wildman–Crippen LogP) is 2.52. The van der Waals surface area contributed by atoms with Crippen LogP contribution in [0.2, 0.25) is 0 Å². The lowest BCUT2D eigenvalue weighted by molar-refractivity contribution is 0.0232. The zero-order chi connectivity index (χ0) is 21.5. The maximum Gasteiger partial charge on any atom is 0.143 e. The van der Waals surface area contributed by atoms with Crippen molar-refractivity contribution < 1.29 is 9.84 Å². The number of hydrogen-bond donors (Lipinski definition) is 4. The van der Waals surface area contributed by atoms with E-state index in [-0.39, 0.29) is 0 Å². The van der Waals surface area contributed by atoms with Crippen molar-refractivity contribution in [1.29, 1.82) is 0 Å². The average Bonchev–Trinajstić information content (AvgIpc) is 3.36. The Balaban J connectivity index is 1.22. The average molecular weight is 435 g/mol. The smallest absolute Gasteiger partial charge is 0.143 e. The van der Waals surface area contributed by atoms with Crippen LogP contribution in [-0.2, 0) is 4.74 Å². The van der Waals surface area contributed by atoms with Gasteiger partial charge in [-0.05, 0) is 62.5 Å². The molecule has 2 aromatic heterocycles. The van der Waals surface area contributed by atoms with Crippen molar-refractivity contribution in [3.8, 4) is 11.3 Å². The Kier molecular flexibility index (Phi) is 5.01. The third kappa shape index (κ3) is 3.62. The molecule has 5 heterocycles. The van der Waals surface area contributed by atoms with E-state index >= 15 is 0 Å².